The van der Waals surface area contributed by atoms with Gasteiger partial charge in [-0.1, -0.05) is 115 Å². The molecule has 0 radical (unpaired) electrons. The Morgan fingerprint density at radius 3 is 1.76 bits per heavy atom. The third-order valence-corrected chi connectivity index (χ3v) is 8.05. The van der Waals surface area contributed by atoms with Gasteiger partial charge in [-0.2, -0.15) is 0 Å². The molecule has 9 aromatic rings. The molecule has 7 aromatic carbocycles. The highest BCUT2D eigenvalue weighted by Crippen LogP contribution is 2.46. The molecule has 0 amide bonds. The fourth-order valence-electron chi connectivity index (χ4n) is 6.26. The lowest BCUT2D eigenvalue weighted by Crippen LogP contribution is -2.01. The smallest absolute Gasteiger partial charge is 0.164 e. The van der Waals surface area contributed by atoms with Crippen LogP contribution >= 0.6 is 0 Å². The van der Waals surface area contributed by atoms with Gasteiger partial charge in [0.15, 0.2) is 17.5 Å². The Morgan fingerprint density at radius 1 is 0.415 bits per heavy atom. The molecule has 0 aliphatic heterocycles. The first kappa shape index (κ1) is 22.2. The molecule has 0 N–H and O–H groups in total. The van der Waals surface area contributed by atoms with E-state index in [0.29, 0.717) is 17.5 Å². The number of rotatable bonds is 3. The van der Waals surface area contributed by atoms with E-state index in [4.69, 9.17) is 19.4 Å². The van der Waals surface area contributed by atoms with Crippen LogP contribution in [0.4, 0.5) is 0 Å². The van der Waals surface area contributed by atoms with Crippen molar-refractivity contribution in [3.8, 4) is 34.2 Å². The summed E-state index contributed by atoms with van der Waals surface area (Å²) in [6.45, 7) is 0. The second-order valence-corrected chi connectivity index (χ2v) is 10.4. The van der Waals surface area contributed by atoms with Crippen LogP contribution in [-0.2, 0) is 0 Å². The molecule has 0 saturated carbocycles. The fourth-order valence-corrected chi connectivity index (χ4v) is 6.26. The van der Waals surface area contributed by atoms with Crippen molar-refractivity contribution in [1.82, 2.24) is 15.0 Å². The van der Waals surface area contributed by atoms with E-state index >= 15 is 0 Å². The third kappa shape index (κ3) is 3.25. The Balaban J connectivity index is 1.42. The lowest BCUT2D eigenvalue weighted by atomic mass is 9.89. The van der Waals surface area contributed by atoms with E-state index in [9.17, 15) is 0 Å². The van der Waals surface area contributed by atoms with Gasteiger partial charge in [0.25, 0.3) is 0 Å². The molecule has 0 fully saturated rings. The van der Waals surface area contributed by atoms with E-state index in [-0.39, 0.29) is 0 Å². The Bertz CT molecular complexity index is 2350. The maximum Gasteiger partial charge on any atom is 0.164 e. The minimum absolute atomic E-state index is 0.651. The lowest BCUT2D eigenvalue weighted by molar-refractivity contribution is 0.673. The normalized spacial score (nSPS) is 11.9. The van der Waals surface area contributed by atoms with E-state index in [1.807, 2.05) is 72.8 Å². The summed E-state index contributed by atoms with van der Waals surface area (Å²) in [5.74, 6) is 1.95. The maximum absolute atomic E-state index is 6.53. The SMILES string of the molecule is c1ccc(-c2nc(-c3ccccc3)nc(-c3cc4cccc5c6c7ccccc7oc6c6cccc3c6c45)n2)cc1. The van der Waals surface area contributed by atoms with Gasteiger partial charge in [0.05, 0.1) is 0 Å². The number of hydrogen-bond acceptors (Lipinski definition) is 4. The molecule has 0 unspecified atom stereocenters. The van der Waals surface area contributed by atoms with Gasteiger partial charge in [-0.3, -0.25) is 0 Å². The first-order chi connectivity index (χ1) is 20.3. The van der Waals surface area contributed by atoms with Gasteiger partial charge in [-0.15, -0.1) is 0 Å². The number of nitrogens with zero attached hydrogens (tertiary/aromatic N) is 3. The summed E-state index contributed by atoms with van der Waals surface area (Å²) < 4.78 is 6.53. The van der Waals surface area contributed by atoms with Crippen molar-refractivity contribution in [3.05, 3.63) is 127 Å². The number of hydrogen-bond donors (Lipinski definition) is 0. The number of fused-ring (bicyclic) bond motifs is 5. The first-order valence-corrected chi connectivity index (χ1v) is 13.7. The maximum atomic E-state index is 6.53. The molecule has 2 heterocycles. The monoisotopic (exact) mass is 523 g/mol. The minimum atomic E-state index is 0.651. The molecule has 190 valence electrons. The highest BCUT2D eigenvalue weighted by molar-refractivity contribution is 6.37. The first-order valence-electron chi connectivity index (χ1n) is 13.7. The van der Waals surface area contributed by atoms with E-state index < -0.39 is 0 Å². The molecule has 0 aliphatic carbocycles. The standard InChI is InChI=1S/C37H21N3O/c1-3-11-22(12-4-1)35-38-36(23-13-5-2-6-14-23)40-37(39-35)29-21-24-15-9-18-27-31(24)32-25(29)17-10-19-28(32)34-33(27)26-16-7-8-20-30(26)41-34/h1-21H. The average Bonchev–Trinajstić information content (AvgIpc) is 3.45. The summed E-state index contributed by atoms with van der Waals surface area (Å²) in [5.41, 5.74) is 4.70. The van der Waals surface area contributed by atoms with E-state index in [0.717, 1.165) is 54.8 Å². The minimum Gasteiger partial charge on any atom is -0.455 e. The molecule has 4 nitrogen and oxygen atoms in total. The van der Waals surface area contributed by atoms with Crippen LogP contribution in [0.2, 0.25) is 0 Å². The molecule has 41 heavy (non-hydrogen) atoms. The van der Waals surface area contributed by atoms with Gasteiger partial charge < -0.3 is 4.42 Å². The molecule has 0 atom stereocenters. The summed E-state index contributed by atoms with van der Waals surface area (Å²) in [5, 5.41) is 9.25. The van der Waals surface area contributed by atoms with Crippen molar-refractivity contribution in [2.24, 2.45) is 0 Å². The highest BCUT2D eigenvalue weighted by Gasteiger charge is 2.22. The van der Waals surface area contributed by atoms with Crippen LogP contribution in [0.5, 0.6) is 0 Å². The zero-order chi connectivity index (χ0) is 26.9. The van der Waals surface area contributed by atoms with Gasteiger partial charge in [0.1, 0.15) is 11.2 Å². The van der Waals surface area contributed by atoms with Gasteiger partial charge in [-0.25, -0.2) is 15.0 Å². The van der Waals surface area contributed by atoms with Crippen LogP contribution in [0, 0.1) is 0 Å². The Kier molecular flexibility index (Phi) is 4.58. The van der Waals surface area contributed by atoms with Crippen LogP contribution in [0.3, 0.4) is 0 Å². The predicted molar refractivity (Wildman–Crippen MR) is 167 cm³/mol. The summed E-state index contributed by atoms with van der Waals surface area (Å²) in [6.07, 6.45) is 0. The van der Waals surface area contributed by atoms with E-state index in [2.05, 4.69) is 54.6 Å². The van der Waals surface area contributed by atoms with Gasteiger partial charge in [0, 0.05) is 38.2 Å². The topological polar surface area (TPSA) is 51.8 Å². The molecular formula is C37H21N3O. The van der Waals surface area contributed by atoms with Crippen LogP contribution in [-0.4, -0.2) is 15.0 Å². The van der Waals surface area contributed by atoms with Crippen molar-refractivity contribution >= 4 is 54.3 Å². The Labute approximate surface area is 234 Å². The number of furan rings is 1. The molecule has 0 aliphatic rings. The predicted octanol–water partition coefficient (Wildman–Crippen LogP) is 9.67. The number of aromatic nitrogens is 3. The third-order valence-electron chi connectivity index (χ3n) is 8.05. The molecule has 9 rings (SSSR count). The summed E-state index contributed by atoms with van der Waals surface area (Å²) in [4.78, 5) is 15.0. The van der Waals surface area contributed by atoms with E-state index in [1.165, 1.54) is 16.2 Å². The highest BCUT2D eigenvalue weighted by atomic mass is 16.3. The van der Waals surface area contributed by atoms with Crippen LogP contribution in [0.25, 0.3) is 88.4 Å². The van der Waals surface area contributed by atoms with Crippen molar-refractivity contribution in [2.45, 2.75) is 0 Å². The zero-order valence-electron chi connectivity index (χ0n) is 21.9. The van der Waals surface area contributed by atoms with Crippen LogP contribution in [0.1, 0.15) is 0 Å². The molecule has 0 saturated heterocycles. The lowest BCUT2D eigenvalue weighted by Gasteiger charge is -2.16. The molecule has 4 heteroatoms. The quantitative estimate of drug-likeness (QED) is 0.216. The van der Waals surface area contributed by atoms with Crippen molar-refractivity contribution in [3.63, 3.8) is 0 Å². The number of para-hydroxylation sites is 1. The Morgan fingerprint density at radius 2 is 1.00 bits per heavy atom. The summed E-state index contributed by atoms with van der Waals surface area (Å²) in [6, 6.07) is 43.7. The molecule has 2 aromatic heterocycles. The summed E-state index contributed by atoms with van der Waals surface area (Å²) >= 11 is 0. The van der Waals surface area contributed by atoms with Gasteiger partial charge >= 0.3 is 0 Å². The molecular weight excluding hydrogens is 502 g/mol. The second kappa shape index (κ2) is 8.44. The number of benzene rings is 7. The van der Waals surface area contributed by atoms with E-state index in [1.54, 1.807) is 0 Å². The fraction of sp³-hybridized carbons (Fsp3) is 0. The van der Waals surface area contributed by atoms with Crippen LogP contribution in [0.15, 0.2) is 132 Å². The summed E-state index contributed by atoms with van der Waals surface area (Å²) in [7, 11) is 0. The molecule has 0 spiro atoms. The Hall–Kier alpha value is -5.61. The van der Waals surface area contributed by atoms with Gasteiger partial charge in [0.2, 0.25) is 0 Å². The second-order valence-electron chi connectivity index (χ2n) is 10.4. The zero-order valence-corrected chi connectivity index (χ0v) is 21.9. The van der Waals surface area contributed by atoms with Crippen molar-refractivity contribution in [2.75, 3.05) is 0 Å². The van der Waals surface area contributed by atoms with Gasteiger partial charge in [-0.05, 0) is 33.7 Å². The largest absolute Gasteiger partial charge is 0.455 e. The van der Waals surface area contributed by atoms with Crippen molar-refractivity contribution in [1.29, 1.82) is 0 Å². The molecule has 0 bridgehead atoms. The van der Waals surface area contributed by atoms with Crippen molar-refractivity contribution < 1.29 is 4.42 Å². The van der Waals surface area contributed by atoms with Crippen LogP contribution < -0.4 is 0 Å². The average molecular weight is 524 g/mol.